The zero-order chi connectivity index (χ0) is 14.5. The third kappa shape index (κ3) is 3.87. The fourth-order valence-corrected chi connectivity index (χ4v) is 3.02. The quantitative estimate of drug-likeness (QED) is 0.788. The number of ether oxygens (including phenoxy) is 2. The second kappa shape index (κ2) is 7.29. The first-order chi connectivity index (χ1) is 9.69. The van der Waals surface area contributed by atoms with Crippen molar-refractivity contribution in [2.75, 3.05) is 26.9 Å². The summed E-state index contributed by atoms with van der Waals surface area (Å²) >= 11 is 3.54. The minimum absolute atomic E-state index is 0.201. The Morgan fingerprint density at radius 3 is 2.70 bits per heavy atom. The van der Waals surface area contributed by atoms with Gasteiger partial charge >= 0.3 is 0 Å². The first-order valence-corrected chi connectivity index (χ1v) is 7.83. The molecule has 0 aromatic heterocycles. The summed E-state index contributed by atoms with van der Waals surface area (Å²) in [7, 11) is 1.64. The molecular weight excluding hydrogens is 322 g/mol. The summed E-state index contributed by atoms with van der Waals surface area (Å²) in [4.78, 5) is 2.32. The van der Waals surface area contributed by atoms with Crippen LogP contribution in [0.4, 0.5) is 0 Å². The molecule has 0 amide bonds. The number of aliphatic hydroxyl groups excluding tert-OH is 1. The highest BCUT2D eigenvalue weighted by Crippen LogP contribution is 2.37. The number of halogens is 1. The van der Waals surface area contributed by atoms with Crippen molar-refractivity contribution in [3.63, 3.8) is 0 Å². The third-order valence-corrected chi connectivity index (χ3v) is 4.00. The summed E-state index contributed by atoms with van der Waals surface area (Å²) in [6, 6.07) is 4.71. The molecule has 1 aromatic rings. The molecule has 1 fully saturated rings. The normalized spacial score (nSPS) is 14.7. The van der Waals surface area contributed by atoms with E-state index in [1.807, 2.05) is 13.0 Å². The van der Waals surface area contributed by atoms with Gasteiger partial charge in [-0.3, -0.25) is 4.90 Å². The molecule has 1 saturated carbocycles. The number of aliphatic hydroxyl groups is 1. The van der Waals surface area contributed by atoms with Gasteiger partial charge in [-0.15, -0.1) is 0 Å². The average Bonchev–Trinajstić information content (AvgIpc) is 3.23. The van der Waals surface area contributed by atoms with E-state index < -0.39 is 0 Å². The number of rotatable bonds is 8. The van der Waals surface area contributed by atoms with E-state index >= 15 is 0 Å². The van der Waals surface area contributed by atoms with Crippen molar-refractivity contribution in [1.29, 1.82) is 0 Å². The zero-order valence-corrected chi connectivity index (χ0v) is 13.6. The van der Waals surface area contributed by atoms with Crippen LogP contribution in [0.5, 0.6) is 11.5 Å². The molecule has 20 heavy (non-hydrogen) atoms. The van der Waals surface area contributed by atoms with Crippen molar-refractivity contribution in [2.45, 2.75) is 32.4 Å². The van der Waals surface area contributed by atoms with Crippen LogP contribution >= 0.6 is 15.9 Å². The second-order valence-corrected chi connectivity index (χ2v) is 5.82. The monoisotopic (exact) mass is 343 g/mol. The lowest BCUT2D eigenvalue weighted by atomic mass is 10.2. The second-order valence-electron chi connectivity index (χ2n) is 4.97. The lowest BCUT2D eigenvalue weighted by Gasteiger charge is -2.22. The van der Waals surface area contributed by atoms with Crippen LogP contribution in [0.3, 0.4) is 0 Å². The Morgan fingerprint density at radius 2 is 2.15 bits per heavy atom. The highest BCUT2D eigenvalue weighted by molar-refractivity contribution is 9.10. The minimum atomic E-state index is 0.201. The lowest BCUT2D eigenvalue weighted by molar-refractivity contribution is 0.183. The van der Waals surface area contributed by atoms with Crippen LogP contribution < -0.4 is 9.47 Å². The molecule has 1 aliphatic rings. The number of hydrogen-bond acceptors (Lipinski definition) is 4. The summed E-state index contributed by atoms with van der Waals surface area (Å²) in [5.41, 5.74) is 1.17. The zero-order valence-electron chi connectivity index (χ0n) is 12.1. The Morgan fingerprint density at radius 1 is 1.40 bits per heavy atom. The van der Waals surface area contributed by atoms with Crippen LogP contribution in [-0.2, 0) is 6.54 Å². The van der Waals surface area contributed by atoms with Gasteiger partial charge in [0.25, 0.3) is 0 Å². The van der Waals surface area contributed by atoms with Crippen LogP contribution in [-0.4, -0.2) is 42.9 Å². The summed E-state index contributed by atoms with van der Waals surface area (Å²) < 4.78 is 11.9. The van der Waals surface area contributed by atoms with Crippen LogP contribution in [0.25, 0.3) is 0 Å². The van der Waals surface area contributed by atoms with Crippen LogP contribution in [0, 0.1) is 0 Å². The van der Waals surface area contributed by atoms with Gasteiger partial charge < -0.3 is 14.6 Å². The number of nitrogens with zero attached hydrogens (tertiary/aromatic N) is 1. The molecule has 0 radical (unpaired) electrons. The molecule has 1 N–H and O–H groups in total. The molecule has 4 nitrogen and oxygen atoms in total. The van der Waals surface area contributed by atoms with Crippen molar-refractivity contribution in [1.82, 2.24) is 4.90 Å². The average molecular weight is 344 g/mol. The predicted molar refractivity (Wildman–Crippen MR) is 82.4 cm³/mol. The maximum absolute atomic E-state index is 9.17. The summed E-state index contributed by atoms with van der Waals surface area (Å²) in [6.45, 7) is 4.32. The van der Waals surface area contributed by atoms with Gasteiger partial charge in [-0.25, -0.2) is 0 Å². The van der Waals surface area contributed by atoms with Gasteiger partial charge in [0.2, 0.25) is 0 Å². The van der Waals surface area contributed by atoms with Gasteiger partial charge in [0.15, 0.2) is 11.5 Å². The topological polar surface area (TPSA) is 41.9 Å². The molecule has 0 aliphatic heterocycles. The van der Waals surface area contributed by atoms with Crippen molar-refractivity contribution in [2.24, 2.45) is 0 Å². The van der Waals surface area contributed by atoms with Crippen molar-refractivity contribution in [3.8, 4) is 11.5 Å². The lowest BCUT2D eigenvalue weighted by Crippen LogP contribution is -2.28. The standard InChI is InChI=1S/C15H22BrNO3/c1-3-20-14-9-11(8-13(16)15(14)19-2)10-17(6-7-18)12-4-5-12/h8-9,12,18H,3-7,10H2,1-2H3. The largest absolute Gasteiger partial charge is 0.492 e. The van der Waals surface area contributed by atoms with Crippen molar-refractivity contribution < 1.29 is 14.6 Å². The first kappa shape index (κ1) is 15.6. The van der Waals surface area contributed by atoms with E-state index in [-0.39, 0.29) is 6.61 Å². The van der Waals surface area contributed by atoms with Gasteiger partial charge in [0.05, 0.1) is 24.8 Å². The molecule has 0 unspecified atom stereocenters. The molecule has 1 aliphatic carbocycles. The first-order valence-electron chi connectivity index (χ1n) is 7.03. The summed E-state index contributed by atoms with van der Waals surface area (Å²) in [5.74, 6) is 1.50. The SMILES string of the molecule is CCOc1cc(CN(CCO)C2CC2)cc(Br)c1OC. The summed E-state index contributed by atoms with van der Waals surface area (Å²) in [5, 5.41) is 9.17. The van der Waals surface area contributed by atoms with Gasteiger partial charge in [-0.2, -0.15) is 0 Å². The highest BCUT2D eigenvalue weighted by atomic mass is 79.9. The van der Waals surface area contributed by atoms with E-state index in [4.69, 9.17) is 9.47 Å². The fourth-order valence-electron chi connectivity index (χ4n) is 2.37. The maximum atomic E-state index is 9.17. The van der Waals surface area contributed by atoms with Gasteiger partial charge in [0, 0.05) is 19.1 Å². The Labute approximate surface area is 128 Å². The van der Waals surface area contributed by atoms with Gasteiger partial charge in [0.1, 0.15) is 0 Å². The third-order valence-electron chi connectivity index (χ3n) is 3.41. The number of benzene rings is 1. The van der Waals surface area contributed by atoms with E-state index in [2.05, 4.69) is 26.9 Å². The van der Waals surface area contributed by atoms with Gasteiger partial charge in [-0.1, -0.05) is 0 Å². The molecule has 0 bridgehead atoms. The molecule has 5 heteroatoms. The smallest absolute Gasteiger partial charge is 0.174 e. The molecular formula is C15H22BrNO3. The highest BCUT2D eigenvalue weighted by Gasteiger charge is 2.28. The molecule has 1 aromatic carbocycles. The molecule has 112 valence electrons. The van der Waals surface area contributed by atoms with E-state index in [1.54, 1.807) is 7.11 Å². The Bertz CT molecular complexity index is 449. The number of hydrogen-bond donors (Lipinski definition) is 1. The Balaban J connectivity index is 2.18. The molecule has 0 saturated heterocycles. The molecule has 2 rings (SSSR count). The van der Waals surface area contributed by atoms with Gasteiger partial charge in [-0.05, 0) is 53.4 Å². The minimum Gasteiger partial charge on any atom is -0.492 e. The van der Waals surface area contributed by atoms with Crippen LogP contribution in [0.15, 0.2) is 16.6 Å². The van der Waals surface area contributed by atoms with E-state index in [1.165, 1.54) is 18.4 Å². The summed E-state index contributed by atoms with van der Waals surface area (Å²) in [6.07, 6.45) is 2.46. The molecule has 0 atom stereocenters. The van der Waals surface area contributed by atoms with Crippen LogP contribution in [0.2, 0.25) is 0 Å². The molecule has 0 heterocycles. The van der Waals surface area contributed by atoms with E-state index in [0.29, 0.717) is 12.6 Å². The van der Waals surface area contributed by atoms with E-state index in [9.17, 15) is 5.11 Å². The Hall–Kier alpha value is -0.780. The van der Waals surface area contributed by atoms with E-state index in [0.717, 1.165) is 29.1 Å². The van der Waals surface area contributed by atoms with Crippen LogP contribution in [0.1, 0.15) is 25.3 Å². The van der Waals surface area contributed by atoms with Crippen molar-refractivity contribution >= 4 is 15.9 Å². The van der Waals surface area contributed by atoms with Crippen molar-refractivity contribution in [3.05, 3.63) is 22.2 Å². The number of methoxy groups -OCH3 is 1. The predicted octanol–water partition coefficient (Wildman–Crippen LogP) is 2.81. The fraction of sp³-hybridized carbons (Fsp3) is 0.600. The Kier molecular flexibility index (Phi) is 5.69. The molecule has 0 spiro atoms. The maximum Gasteiger partial charge on any atom is 0.174 e.